The topological polar surface area (TPSA) is 60.0 Å². The average Bonchev–Trinajstić information content (AvgIpc) is 2.55. The first kappa shape index (κ1) is 17.8. The maximum atomic E-state index is 12.3. The molecular weight excluding hydrogens is 320 g/mol. The number of carbonyl (C=O) groups is 1. The van der Waals surface area contributed by atoms with Gasteiger partial charge >= 0.3 is 0 Å². The summed E-state index contributed by atoms with van der Waals surface area (Å²) in [5.41, 5.74) is 0. The summed E-state index contributed by atoms with van der Waals surface area (Å²) in [6.45, 7) is 3.21. The lowest BCUT2D eigenvalue weighted by Gasteiger charge is -2.30. The number of hydrogen-bond acceptors (Lipinski definition) is 5. The van der Waals surface area contributed by atoms with Crippen LogP contribution in [0.4, 0.5) is 0 Å². The Morgan fingerprint density at radius 1 is 1.30 bits per heavy atom. The third kappa shape index (κ3) is 4.73. The molecule has 1 amide bonds. The second-order valence-corrected chi connectivity index (χ2v) is 5.67. The zero-order valence-corrected chi connectivity index (χ0v) is 14.0. The van der Waals surface area contributed by atoms with E-state index in [0.29, 0.717) is 26.2 Å². The Morgan fingerprint density at radius 2 is 2.09 bits per heavy atom. The van der Waals surface area contributed by atoms with Crippen molar-refractivity contribution in [1.29, 1.82) is 0 Å². The van der Waals surface area contributed by atoms with Gasteiger partial charge in [-0.1, -0.05) is 12.1 Å². The van der Waals surface area contributed by atoms with Crippen LogP contribution in [0.2, 0.25) is 0 Å². The molecule has 0 aliphatic carbocycles. The number of hydrogen-bond donors (Lipinski definition) is 1. The van der Waals surface area contributed by atoms with E-state index in [0.717, 1.165) is 24.6 Å². The van der Waals surface area contributed by atoms with E-state index in [1.807, 2.05) is 24.3 Å². The molecule has 7 heteroatoms. The molecule has 128 valence electrons. The first-order valence-corrected chi connectivity index (χ1v) is 7.67. The molecule has 3 rings (SSSR count). The lowest BCUT2D eigenvalue weighted by molar-refractivity contribution is -0.134. The van der Waals surface area contributed by atoms with Gasteiger partial charge in [-0.05, 0) is 12.1 Å². The van der Waals surface area contributed by atoms with Crippen LogP contribution >= 0.6 is 12.4 Å². The van der Waals surface area contributed by atoms with Crippen molar-refractivity contribution in [2.24, 2.45) is 0 Å². The molecule has 2 heterocycles. The monoisotopic (exact) mass is 342 g/mol. The molecule has 2 aliphatic rings. The van der Waals surface area contributed by atoms with Crippen molar-refractivity contribution in [2.75, 3.05) is 39.9 Å². The van der Waals surface area contributed by atoms with Gasteiger partial charge in [0.1, 0.15) is 6.61 Å². The molecule has 0 spiro atoms. The Balaban J connectivity index is 0.00000192. The molecule has 0 saturated carbocycles. The highest BCUT2D eigenvalue weighted by molar-refractivity contribution is 5.85. The van der Waals surface area contributed by atoms with Gasteiger partial charge in [-0.2, -0.15) is 0 Å². The van der Waals surface area contributed by atoms with Crippen molar-refractivity contribution < 1.29 is 19.0 Å². The molecular formula is C16H23ClN2O4. The SMILES string of the molecule is CN(CC1COc2ccccc2O1)C(=O)CC1CNCCO1.Cl. The van der Waals surface area contributed by atoms with Crippen molar-refractivity contribution in [3.05, 3.63) is 24.3 Å². The van der Waals surface area contributed by atoms with E-state index in [9.17, 15) is 4.79 Å². The normalized spacial score (nSPS) is 22.8. The molecule has 23 heavy (non-hydrogen) atoms. The number of nitrogens with zero attached hydrogens (tertiary/aromatic N) is 1. The van der Waals surface area contributed by atoms with E-state index in [-0.39, 0.29) is 30.5 Å². The Kier molecular flexibility index (Phi) is 6.50. The summed E-state index contributed by atoms with van der Waals surface area (Å²) in [4.78, 5) is 13.9. The Labute approximate surface area is 142 Å². The van der Waals surface area contributed by atoms with Crippen LogP contribution in [0, 0.1) is 0 Å². The van der Waals surface area contributed by atoms with Crippen LogP contribution in [0.1, 0.15) is 6.42 Å². The average molecular weight is 343 g/mol. The van der Waals surface area contributed by atoms with Crippen molar-refractivity contribution >= 4 is 18.3 Å². The van der Waals surface area contributed by atoms with E-state index >= 15 is 0 Å². The van der Waals surface area contributed by atoms with Gasteiger partial charge < -0.3 is 24.4 Å². The number of nitrogens with one attached hydrogen (secondary N) is 1. The highest BCUT2D eigenvalue weighted by atomic mass is 35.5. The van der Waals surface area contributed by atoms with Gasteiger partial charge in [-0.25, -0.2) is 0 Å². The molecule has 2 atom stereocenters. The number of benzene rings is 1. The summed E-state index contributed by atoms with van der Waals surface area (Å²) >= 11 is 0. The highest BCUT2D eigenvalue weighted by Gasteiger charge is 2.25. The molecule has 1 aromatic rings. The van der Waals surface area contributed by atoms with Gasteiger partial charge in [0.15, 0.2) is 17.6 Å². The Bertz CT molecular complexity index is 523. The van der Waals surface area contributed by atoms with Crippen LogP contribution in [0.25, 0.3) is 0 Å². The van der Waals surface area contributed by atoms with Crippen LogP contribution < -0.4 is 14.8 Å². The molecule has 1 aromatic carbocycles. The van der Waals surface area contributed by atoms with E-state index in [1.165, 1.54) is 0 Å². The number of fused-ring (bicyclic) bond motifs is 1. The number of ether oxygens (including phenoxy) is 3. The fourth-order valence-corrected chi connectivity index (χ4v) is 2.66. The molecule has 0 bridgehead atoms. The smallest absolute Gasteiger partial charge is 0.225 e. The van der Waals surface area contributed by atoms with Gasteiger partial charge in [0, 0.05) is 20.1 Å². The third-order valence-electron chi connectivity index (χ3n) is 3.88. The van der Waals surface area contributed by atoms with Crippen molar-refractivity contribution in [1.82, 2.24) is 10.2 Å². The van der Waals surface area contributed by atoms with Crippen LogP contribution in [-0.2, 0) is 9.53 Å². The van der Waals surface area contributed by atoms with Gasteiger partial charge in [0.25, 0.3) is 0 Å². The minimum atomic E-state index is -0.144. The lowest BCUT2D eigenvalue weighted by atomic mass is 10.2. The van der Waals surface area contributed by atoms with Gasteiger partial charge in [-0.15, -0.1) is 12.4 Å². The summed E-state index contributed by atoms with van der Waals surface area (Å²) < 4.78 is 17.1. The predicted molar refractivity (Wildman–Crippen MR) is 88.5 cm³/mol. The van der Waals surface area contributed by atoms with Crippen LogP contribution in [0.15, 0.2) is 24.3 Å². The highest BCUT2D eigenvalue weighted by Crippen LogP contribution is 2.30. The maximum absolute atomic E-state index is 12.3. The summed E-state index contributed by atoms with van der Waals surface area (Å²) in [5.74, 6) is 1.56. The van der Waals surface area contributed by atoms with Crippen LogP contribution in [0.5, 0.6) is 11.5 Å². The largest absolute Gasteiger partial charge is 0.486 e. The van der Waals surface area contributed by atoms with Crippen LogP contribution in [0.3, 0.4) is 0 Å². The number of amides is 1. The number of rotatable bonds is 4. The van der Waals surface area contributed by atoms with Gasteiger partial charge in [0.05, 0.1) is 25.7 Å². The second-order valence-electron chi connectivity index (χ2n) is 5.67. The molecule has 2 unspecified atom stereocenters. The zero-order chi connectivity index (χ0) is 15.4. The quantitative estimate of drug-likeness (QED) is 0.887. The van der Waals surface area contributed by atoms with Gasteiger partial charge in [-0.3, -0.25) is 4.79 Å². The summed E-state index contributed by atoms with van der Waals surface area (Å²) in [6.07, 6.45) is 0.218. The first-order chi connectivity index (χ1) is 10.7. The molecule has 1 fully saturated rings. The summed E-state index contributed by atoms with van der Waals surface area (Å²) in [5, 5.41) is 3.23. The lowest BCUT2D eigenvalue weighted by Crippen LogP contribution is -2.45. The minimum Gasteiger partial charge on any atom is -0.486 e. The third-order valence-corrected chi connectivity index (χ3v) is 3.88. The van der Waals surface area contributed by atoms with Crippen LogP contribution in [-0.4, -0.2) is 62.9 Å². The Morgan fingerprint density at radius 3 is 2.83 bits per heavy atom. The van der Waals surface area contributed by atoms with E-state index in [1.54, 1.807) is 11.9 Å². The molecule has 2 aliphatic heterocycles. The number of morpholine rings is 1. The molecule has 1 saturated heterocycles. The van der Waals surface area contributed by atoms with Crippen molar-refractivity contribution in [3.63, 3.8) is 0 Å². The number of likely N-dealkylation sites (N-methyl/N-ethyl adjacent to an activating group) is 1. The number of halogens is 1. The van der Waals surface area contributed by atoms with Crippen molar-refractivity contribution in [3.8, 4) is 11.5 Å². The molecule has 0 radical (unpaired) electrons. The Hall–Kier alpha value is -1.50. The number of carbonyl (C=O) groups excluding carboxylic acids is 1. The standard InChI is InChI=1S/C16H22N2O4.ClH/c1-18(16(19)8-12-9-17-6-7-20-12)10-13-11-21-14-4-2-3-5-15(14)22-13;/h2-5,12-13,17H,6-11H2,1H3;1H. The molecule has 1 N–H and O–H groups in total. The van der Waals surface area contributed by atoms with E-state index < -0.39 is 0 Å². The molecule has 6 nitrogen and oxygen atoms in total. The minimum absolute atomic E-state index is 0. The van der Waals surface area contributed by atoms with E-state index in [4.69, 9.17) is 14.2 Å². The summed E-state index contributed by atoms with van der Waals surface area (Å²) in [7, 11) is 1.79. The fraction of sp³-hybridized carbons (Fsp3) is 0.562. The predicted octanol–water partition coefficient (Wildman–Crippen LogP) is 1.09. The first-order valence-electron chi connectivity index (χ1n) is 7.67. The van der Waals surface area contributed by atoms with E-state index in [2.05, 4.69) is 5.32 Å². The molecule has 0 aromatic heterocycles. The van der Waals surface area contributed by atoms with Crippen molar-refractivity contribution in [2.45, 2.75) is 18.6 Å². The maximum Gasteiger partial charge on any atom is 0.225 e. The fourth-order valence-electron chi connectivity index (χ4n) is 2.66. The number of para-hydroxylation sites is 2. The summed E-state index contributed by atoms with van der Waals surface area (Å²) in [6, 6.07) is 7.59. The second kappa shape index (κ2) is 8.38. The zero-order valence-electron chi connectivity index (χ0n) is 13.2. The van der Waals surface area contributed by atoms with Gasteiger partial charge in [0.2, 0.25) is 5.91 Å².